The Kier molecular flexibility index (Phi) is 3.36. The standard InChI is InChI=1S/C13H16N2O3S/c1-8-6-10-7-11(4-5-12(10)14-8)15-13(16)9(2)19(3,17)18/h4-7,9,14H,1-3H3,(H,15,16). The number of amides is 1. The van der Waals surface area contributed by atoms with E-state index >= 15 is 0 Å². The highest BCUT2D eigenvalue weighted by atomic mass is 32.2. The lowest BCUT2D eigenvalue weighted by molar-refractivity contribution is -0.115. The fourth-order valence-corrected chi connectivity index (χ4v) is 2.24. The molecular formula is C13H16N2O3S. The normalized spacial score (nSPS) is 13.4. The Bertz CT molecular complexity index is 731. The van der Waals surface area contributed by atoms with Crippen LogP contribution in [0, 0.1) is 6.92 Å². The van der Waals surface area contributed by atoms with Crippen LogP contribution in [0.4, 0.5) is 5.69 Å². The molecule has 0 aliphatic carbocycles. The van der Waals surface area contributed by atoms with E-state index in [0.29, 0.717) is 5.69 Å². The van der Waals surface area contributed by atoms with Gasteiger partial charge >= 0.3 is 0 Å². The van der Waals surface area contributed by atoms with Crippen molar-refractivity contribution in [1.29, 1.82) is 0 Å². The predicted octanol–water partition coefficient (Wildman–Crippen LogP) is 1.85. The van der Waals surface area contributed by atoms with Gasteiger partial charge in [-0.1, -0.05) is 0 Å². The zero-order valence-electron chi connectivity index (χ0n) is 11.0. The molecule has 1 atom stereocenters. The smallest absolute Gasteiger partial charge is 0.242 e. The number of sulfone groups is 1. The number of fused-ring (bicyclic) bond motifs is 1. The highest BCUT2D eigenvalue weighted by molar-refractivity contribution is 7.92. The fourth-order valence-electron chi connectivity index (χ4n) is 1.79. The Balaban J connectivity index is 2.24. The monoisotopic (exact) mass is 280 g/mol. The number of nitrogens with one attached hydrogen (secondary N) is 2. The van der Waals surface area contributed by atoms with Crippen molar-refractivity contribution in [1.82, 2.24) is 4.98 Å². The molecular weight excluding hydrogens is 264 g/mol. The van der Waals surface area contributed by atoms with E-state index < -0.39 is 21.0 Å². The van der Waals surface area contributed by atoms with Crippen molar-refractivity contribution in [2.75, 3.05) is 11.6 Å². The van der Waals surface area contributed by atoms with Crippen LogP contribution in [0.2, 0.25) is 0 Å². The second-order valence-electron chi connectivity index (χ2n) is 4.72. The van der Waals surface area contributed by atoms with Crippen LogP contribution >= 0.6 is 0 Å². The molecule has 2 N–H and O–H groups in total. The number of rotatable bonds is 3. The Labute approximate surface area is 111 Å². The molecule has 0 fully saturated rings. The summed E-state index contributed by atoms with van der Waals surface area (Å²) in [5, 5.41) is 2.53. The number of anilines is 1. The summed E-state index contributed by atoms with van der Waals surface area (Å²) in [7, 11) is -3.38. The van der Waals surface area contributed by atoms with Crippen molar-refractivity contribution in [3.05, 3.63) is 30.0 Å². The van der Waals surface area contributed by atoms with E-state index in [1.807, 2.05) is 25.1 Å². The van der Waals surface area contributed by atoms with Crippen molar-refractivity contribution >= 4 is 32.3 Å². The molecule has 0 spiro atoms. The van der Waals surface area contributed by atoms with Gasteiger partial charge in [-0.05, 0) is 38.1 Å². The predicted molar refractivity (Wildman–Crippen MR) is 76.0 cm³/mol. The van der Waals surface area contributed by atoms with E-state index in [1.165, 1.54) is 6.92 Å². The van der Waals surface area contributed by atoms with E-state index in [-0.39, 0.29) is 0 Å². The average molecular weight is 280 g/mol. The van der Waals surface area contributed by atoms with Crippen molar-refractivity contribution in [3.8, 4) is 0 Å². The van der Waals surface area contributed by atoms with Crippen LogP contribution in [0.3, 0.4) is 0 Å². The summed E-state index contributed by atoms with van der Waals surface area (Å²) < 4.78 is 22.6. The van der Waals surface area contributed by atoms with Gasteiger partial charge in [-0.3, -0.25) is 4.79 Å². The number of H-pyrrole nitrogens is 1. The molecule has 0 saturated carbocycles. The molecule has 1 aromatic heterocycles. The van der Waals surface area contributed by atoms with Crippen molar-refractivity contribution in [2.45, 2.75) is 19.1 Å². The van der Waals surface area contributed by atoms with Gasteiger partial charge < -0.3 is 10.3 Å². The molecule has 102 valence electrons. The van der Waals surface area contributed by atoms with E-state index in [1.54, 1.807) is 6.07 Å². The second-order valence-corrected chi connectivity index (χ2v) is 7.08. The van der Waals surface area contributed by atoms with Crippen LogP contribution in [0.15, 0.2) is 24.3 Å². The molecule has 1 unspecified atom stereocenters. The third-order valence-electron chi connectivity index (χ3n) is 3.03. The van der Waals surface area contributed by atoms with E-state index in [0.717, 1.165) is 22.9 Å². The minimum absolute atomic E-state index is 0.519. The lowest BCUT2D eigenvalue weighted by atomic mass is 10.2. The molecule has 2 aromatic rings. The highest BCUT2D eigenvalue weighted by Crippen LogP contribution is 2.20. The Hall–Kier alpha value is -1.82. The average Bonchev–Trinajstić information content (AvgIpc) is 2.66. The summed E-state index contributed by atoms with van der Waals surface area (Å²) in [6.45, 7) is 3.33. The van der Waals surface area contributed by atoms with Gasteiger partial charge in [0.2, 0.25) is 5.91 Å². The molecule has 0 saturated heterocycles. The zero-order valence-corrected chi connectivity index (χ0v) is 11.8. The molecule has 1 amide bonds. The summed E-state index contributed by atoms with van der Waals surface area (Å²) in [5.41, 5.74) is 2.60. The minimum atomic E-state index is -3.38. The first-order valence-corrected chi connectivity index (χ1v) is 7.82. The fraction of sp³-hybridized carbons (Fsp3) is 0.308. The van der Waals surface area contributed by atoms with Gasteiger partial charge in [0.05, 0.1) is 0 Å². The molecule has 0 aliphatic heterocycles. The molecule has 1 aromatic carbocycles. The number of aryl methyl sites for hydroxylation is 1. The number of hydrogen-bond donors (Lipinski definition) is 2. The maximum Gasteiger partial charge on any atom is 0.242 e. The minimum Gasteiger partial charge on any atom is -0.359 e. The Morgan fingerprint density at radius 1 is 1.32 bits per heavy atom. The number of carbonyl (C=O) groups excluding carboxylic acids is 1. The Morgan fingerprint density at radius 2 is 2.00 bits per heavy atom. The van der Waals surface area contributed by atoms with Gasteiger partial charge in [-0.2, -0.15) is 0 Å². The third-order valence-corrected chi connectivity index (χ3v) is 4.53. The molecule has 6 heteroatoms. The van der Waals surface area contributed by atoms with Crippen LogP contribution in [-0.2, 0) is 14.6 Å². The maximum atomic E-state index is 11.8. The van der Waals surface area contributed by atoms with Crippen LogP contribution in [0.25, 0.3) is 10.9 Å². The first-order valence-electron chi connectivity index (χ1n) is 5.86. The number of aromatic amines is 1. The molecule has 0 aliphatic rings. The Morgan fingerprint density at radius 3 is 2.63 bits per heavy atom. The van der Waals surface area contributed by atoms with Crippen LogP contribution in [0.1, 0.15) is 12.6 Å². The van der Waals surface area contributed by atoms with E-state index in [2.05, 4.69) is 10.3 Å². The van der Waals surface area contributed by atoms with Crippen molar-refractivity contribution < 1.29 is 13.2 Å². The summed E-state index contributed by atoms with van der Waals surface area (Å²) in [6, 6.07) is 7.37. The number of benzene rings is 1. The number of carbonyl (C=O) groups is 1. The largest absolute Gasteiger partial charge is 0.359 e. The molecule has 0 bridgehead atoms. The van der Waals surface area contributed by atoms with E-state index in [4.69, 9.17) is 0 Å². The van der Waals surface area contributed by atoms with Crippen LogP contribution in [0.5, 0.6) is 0 Å². The molecule has 19 heavy (non-hydrogen) atoms. The van der Waals surface area contributed by atoms with E-state index in [9.17, 15) is 13.2 Å². The van der Waals surface area contributed by atoms with Gasteiger partial charge in [0, 0.05) is 28.5 Å². The second kappa shape index (κ2) is 4.70. The third kappa shape index (κ3) is 2.96. The summed E-state index contributed by atoms with van der Waals surface area (Å²) in [5.74, 6) is -0.519. The van der Waals surface area contributed by atoms with Crippen LogP contribution in [-0.4, -0.2) is 30.8 Å². The van der Waals surface area contributed by atoms with Gasteiger partial charge in [-0.15, -0.1) is 0 Å². The summed E-state index contributed by atoms with van der Waals surface area (Å²) >= 11 is 0. The van der Waals surface area contributed by atoms with Crippen LogP contribution < -0.4 is 5.32 Å². The van der Waals surface area contributed by atoms with Gasteiger partial charge in [0.25, 0.3) is 0 Å². The summed E-state index contributed by atoms with van der Waals surface area (Å²) in [6.07, 6.45) is 1.05. The molecule has 0 radical (unpaired) electrons. The van der Waals surface area contributed by atoms with Crippen molar-refractivity contribution in [3.63, 3.8) is 0 Å². The lowest BCUT2D eigenvalue weighted by Crippen LogP contribution is -2.31. The number of aromatic nitrogens is 1. The van der Waals surface area contributed by atoms with Gasteiger partial charge in [0.1, 0.15) is 5.25 Å². The van der Waals surface area contributed by atoms with Crippen molar-refractivity contribution in [2.24, 2.45) is 0 Å². The first-order chi connectivity index (χ1) is 8.77. The first kappa shape index (κ1) is 13.6. The maximum absolute atomic E-state index is 11.8. The zero-order chi connectivity index (χ0) is 14.2. The molecule has 2 rings (SSSR count). The van der Waals surface area contributed by atoms with Gasteiger partial charge in [-0.25, -0.2) is 8.42 Å². The van der Waals surface area contributed by atoms with Gasteiger partial charge in [0.15, 0.2) is 9.84 Å². The number of hydrogen-bond acceptors (Lipinski definition) is 3. The molecule has 1 heterocycles. The SMILES string of the molecule is Cc1cc2cc(NC(=O)C(C)S(C)(=O)=O)ccc2[nH]1. The molecule has 5 nitrogen and oxygen atoms in total. The summed E-state index contributed by atoms with van der Waals surface area (Å²) in [4.78, 5) is 15.0. The quantitative estimate of drug-likeness (QED) is 0.900. The topological polar surface area (TPSA) is 79.0 Å². The highest BCUT2D eigenvalue weighted by Gasteiger charge is 2.23. The lowest BCUT2D eigenvalue weighted by Gasteiger charge is -2.10.